The summed E-state index contributed by atoms with van der Waals surface area (Å²) >= 11 is 0. The normalized spacial score (nSPS) is 13.2. The van der Waals surface area contributed by atoms with Gasteiger partial charge in [0.2, 0.25) is 0 Å². The van der Waals surface area contributed by atoms with E-state index in [1.165, 1.54) is 0 Å². The van der Waals surface area contributed by atoms with Gasteiger partial charge in [-0.1, -0.05) is 62.3 Å². The molecular formula is C21H33BN6. The van der Waals surface area contributed by atoms with Gasteiger partial charge in [-0.25, -0.2) is 0 Å². The molecule has 0 saturated heterocycles. The monoisotopic (exact) mass is 380 g/mol. The second-order valence-corrected chi connectivity index (χ2v) is 10.6. The largest absolute Gasteiger partial charge is 0.568 e. The molecule has 28 heavy (non-hydrogen) atoms. The number of nitrogens with zero attached hydrogens (tertiary/aromatic N) is 6. The highest BCUT2D eigenvalue weighted by Crippen LogP contribution is 2.23. The highest BCUT2D eigenvalue weighted by atomic mass is 15.4. The zero-order valence-corrected chi connectivity index (χ0v) is 18.7. The van der Waals surface area contributed by atoms with E-state index in [1.54, 1.807) is 0 Å². The van der Waals surface area contributed by atoms with Crippen LogP contribution in [0.2, 0.25) is 0 Å². The topological polar surface area (TPSA) is 53.5 Å². The highest BCUT2D eigenvalue weighted by molar-refractivity contribution is 6.52. The van der Waals surface area contributed by atoms with E-state index in [-0.39, 0.29) is 23.4 Å². The Kier molecular flexibility index (Phi) is 4.84. The minimum Gasteiger partial charge on any atom is -0.268 e. The predicted octanol–water partition coefficient (Wildman–Crippen LogP) is 4.10. The van der Waals surface area contributed by atoms with Crippen LogP contribution in [0.4, 0.5) is 0 Å². The van der Waals surface area contributed by atoms with Crippen molar-refractivity contribution >= 4 is 7.12 Å². The lowest BCUT2D eigenvalue weighted by atomic mass is 9.93. The Morgan fingerprint density at radius 1 is 0.536 bits per heavy atom. The Bertz CT molecular complexity index is 818. The lowest BCUT2D eigenvalue weighted by Crippen LogP contribution is -2.43. The van der Waals surface area contributed by atoms with Crippen LogP contribution in [0.25, 0.3) is 0 Å². The molecule has 0 unspecified atom stereocenters. The van der Waals surface area contributed by atoms with Crippen LogP contribution in [0.3, 0.4) is 0 Å². The van der Waals surface area contributed by atoms with E-state index in [4.69, 9.17) is 15.3 Å². The van der Waals surface area contributed by atoms with Crippen LogP contribution in [0.1, 0.15) is 79.4 Å². The maximum atomic E-state index is 4.87. The summed E-state index contributed by atoms with van der Waals surface area (Å²) in [4.78, 5) is 0. The third kappa shape index (κ3) is 4.08. The summed E-state index contributed by atoms with van der Waals surface area (Å²) in [6, 6.07) is 6.24. The first kappa shape index (κ1) is 20.4. The van der Waals surface area contributed by atoms with Crippen LogP contribution in [0.15, 0.2) is 36.8 Å². The quantitative estimate of drug-likeness (QED) is 0.643. The molecule has 150 valence electrons. The molecule has 0 aliphatic carbocycles. The SMILES string of the molecule is CC(C)(C)c1ccn(B(n2ccc(C(C)(C)C)n2)n2ccc(C(C)(C)C)n2)n1. The van der Waals surface area contributed by atoms with Gasteiger partial charge in [0.1, 0.15) is 0 Å². The van der Waals surface area contributed by atoms with Crippen LogP contribution in [0.5, 0.6) is 0 Å². The summed E-state index contributed by atoms with van der Waals surface area (Å²) in [6.45, 7) is 19.6. The first-order valence-corrected chi connectivity index (χ1v) is 9.94. The summed E-state index contributed by atoms with van der Waals surface area (Å²) < 4.78 is 5.83. The smallest absolute Gasteiger partial charge is 0.268 e. The number of rotatable bonds is 3. The number of hydrogen-bond acceptors (Lipinski definition) is 3. The molecule has 7 heteroatoms. The molecule has 0 amide bonds. The Labute approximate surface area is 169 Å². The molecular weight excluding hydrogens is 347 g/mol. The van der Waals surface area contributed by atoms with Crippen molar-refractivity contribution in [2.24, 2.45) is 0 Å². The first-order valence-electron chi connectivity index (χ1n) is 9.94. The third-order valence-electron chi connectivity index (χ3n) is 4.84. The van der Waals surface area contributed by atoms with Gasteiger partial charge in [0.15, 0.2) is 0 Å². The Morgan fingerprint density at radius 3 is 0.964 bits per heavy atom. The van der Waals surface area contributed by atoms with E-state index in [0.29, 0.717) is 0 Å². The number of aromatic nitrogens is 6. The maximum absolute atomic E-state index is 4.87. The molecule has 0 fully saturated rings. The lowest BCUT2D eigenvalue weighted by molar-refractivity contribution is 0.551. The maximum Gasteiger partial charge on any atom is 0.568 e. The van der Waals surface area contributed by atoms with Gasteiger partial charge >= 0.3 is 7.12 Å². The summed E-state index contributed by atoms with van der Waals surface area (Å²) in [5.74, 6) is 0. The summed E-state index contributed by atoms with van der Waals surface area (Å²) in [7, 11) is -0.289. The van der Waals surface area contributed by atoms with Crippen LogP contribution in [-0.4, -0.2) is 36.2 Å². The summed E-state index contributed by atoms with van der Waals surface area (Å²) in [5.41, 5.74) is 3.09. The van der Waals surface area contributed by atoms with Crippen LogP contribution in [0, 0.1) is 0 Å². The van der Waals surface area contributed by atoms with Gasteiger partial charge in [-0.2, -0.15) is 15.3 Å². The second-order valence-electron chi connectivity index (χ2n) is 10.6. The molecule has 0 atom stereocenters. The zero-order chi connectivity index (χ0) is 20.9. The standard InChI is InChI=1S/C21H33BN6/c1-19(2,3)16-10-13-26(23-16)22(27-14-11-17(24-27)20(4,5)6)28-15-12-18(25-28)21(7,8)9/h10-15H,1-9H3. The van der Waals surface area contributed by atoms with Crippen molar-refractivity contribution in [1.82, 2.24) is 29.1 Å². The van der Waals surface area contributed by atoms with E-state index < -0.39 is 0 Å². The van der Waals surface area contributed by atoms with E-state index in [1.807, 2.05) is 32.4 Å². The first-order chi connectivity index (χ1) is 12.8. The van der Waals surface area contributed by atoms with Crippen molar-refractivity contribution in [3.63, 3.8) is 0 Å². The van der Waals surface area contributed by atoms with Crippen LogP contribution in [-0.2, 0) is 16.2 Å². The predicted molar refractivity (Wildman–Crippen MR) is 115 cm³/mol. The fourth-order valence-corrected chi connectivity index (χ4v) is 2.96. The minimum atomic E-state index is -0.289. The molecule has 0 N–H and O–H groups in total. The van der Waals surface area contributed by atoms with Crippen molar-refractivity contribution in [3.8, 4) is 0 Å². The lowest BCUT2D eigenvalue weighted by Gasteiger charge is -2.18. The minimum absolute atomic E-state index is 0.0167. The molecule has 0 radical (unpaired) electrons. The van der Waals surface area contributed by atoms with Crippen LogP contribution >= 0.6 is 0 Å². The molecule has 0 aliphatic heterocycles. The molecule has 0 aliphatic rings. The van der Waals surface area contributed by atoms with E-state index in [0.717, 1.165) is 17.1 Å². The molecule has 3 aromatic heterocycles. The summed E-state index contributed by atoms with van der Waals surface area (Å²) in [6.07, 6.45) is 6.05. The van der Waals surface area contributed by atoms with E-state index in [2.05, 4.69) is 80.5 Å². The van der Waals surface area contributed by atoms with Crippen molar-refractivity contribution < 1.29 is 0 Å². The fraction of sp³-hybridized carbons (Fsp3) is 0.571. The zero-order valence-electron chi connectivity index (χ0n) is 18.7. The van der Waals surface area contributed by atoms with E-state index in [9.17, 15) is 0 Å². The molecule has 0 saturated carbocycles. The van der Waals surface area contributed by atoms with Crippen molar-refractivity contribution in [1.29, 1.82) is 0 Å². The van der Waals surface area contributed by atoms with Gasteiger partial charge in [0, 0.05) is 34.8 Å². The molecule has 3 heterocycles. The Balaban J connectivity index is 2.10. The van der Waals surface area contributed by atoms with Gasteiger partial charge in [-0.05, 0) is 18.2 Å². The summed E-state index contributed by atoms with van der Waals surface area (Å²) in [5, 5.41) is 14.6. The molecule has 0 aromatic carbocycles. The van der Waals surface area contributed by atoms with Crippen LogP contribution < -0.4 is 0 Å². The average molecular weight is 380 g/mol. The number of hydrogen-bond donors (Lipinski definition) is 0. The molecule has 3 aromatic rings. The van der Waals surface area contributed by atoms with Gasteiger partial charge in [0.05, 0.1) is 17.1 Å². The van der Waals surface area contributed by atoms with Crippen molar-refractivity contribution in [3.05, 3.63) is 53.9 Å². The molecule has 0 spiro atoms. The average Bonchev–Trinajstić information content (AvgIpc) is 3.26. The van der Waals surface area contributed by atoms with Gasteiger partial charge in [-0.3, -0.25) is 13.8 Å². The highest BCUT2D eigenvalue weighted by Gasteiger charge is 2.31. The van der Waals surface area contributed by atoms with E-state index >= 15 is 0 Å². The third-order valence-corrected chi connectivity index (χ3v) is 4.84. The Morgan fingerprint density at radius 2 is 0.786 bits per heavy atom. The Hall–Kier alpha value is -2.31. The fourth-order valence-electron chi connectivity index (χ4n) is 2.96. The molecule has 3 rings (SSSR count). The van der Waals surface area contributed by atoms with Crippen molar-refractivity contribution in [2.45, 2.75) is 78.6 Å². The van der Waals surface area contributed by atoms with Gasteiger partial charge in [0.25, 0.3) is 0 Å². The van der Waals surface area contributed by atoms with Crippen molar-refractivity contribution in [2.75, 3.05) is 0 Å². The molecule has 6 nitrogen and oxygen atoms in total. The second kappa shape index (κ2) is 6.64. The van der Waals surface area contributed by atoms with Gasteiger partial charge in [-0.15, -0.1) is 0 Å². The van der Waals surface area contributed by atoms with Gasteiger partial charge < -0.3 is 0 Å². The molecule has 0 bridgehead atoms.